The zero-order chi connectivity index (χ0) is 19.4. The van der Waals surface area contributed by atoms with Gasteiger partial charge in [0.05, 0.1) is 6.42 Å². The number of carbonyl (C=O) groups is 1. The van der Waals surface area contributed by atoms with Crippen molar-refractivity contribution in [1.82, 2.24) is 9.80 Å². The Morgan fingerprint density at radius 2 is 1.75 bits per heavy atom. The van der Waals surface area contributed by atoms with Gasteiger partial charge >= 0.3 is 0 Å². The van der Waals surface area contributed by atoms with E-state index in [4.69, 9.17) is 4.74 Å². The van der Waals surface area contributed by atoms with Crippen LogP contribution in [0.2, 0.25) is 0 Å². The van der Waals surface area contributed by atoms with E-state index in [1.54, 1.807) is 0 Å². The molecule has 5 heteroatoms. The zero-order valence-electron chi connectivity index (χ0n) is 16.9. The third kappa shape index (κ3) is 4.27. The summed E-state index contributed by atoms with van der Waals surface area (Å²) in [6.07, 6.45) is 6.09. The molecule has 1 unspecified atom stereocenters. The summed E-state index contributed by atoms with van der Waals surface area (Å²) in [5, 5.41) is 10.1. The van der Waals surface area contributed by atoms with E-state index in [0.29, 0.717) is 19.0 Å². The van der Waals surface area contributed by atoms with Gasteiger partial charge in [-0.15, -0.1) is 0 Å². The van der Waals surface area contributed by atoms with Gasteiger partial charge in [-0.05, 0) is 56.2 Å². The molecule has 1 aromatic carbocycles. The number of benzene rings is 1. The highest BCUT2D eigenvalue weighted by Gasteiger charge is 2.46. The van der Waals surface area contributed by atoms with Gasteiger partial charge in [-0.2, -0.15) is 0 Å². The Labute approximate surface area is 168 Å². The lowest BCUT2D eigenvalue weighted by molar-refractivity contribution is -0.137. The van der Waals surface area contributed by atoms with Crippen LogP contribution in [0, 0.1) is 11.3 Å². The van der Waals surface area contributed by atoms with E-state index in [9.17, 15) is 9.90 Å². The van der Waals surface area contributed by atoms with E-state index in [1.165, 1.54) is 0 Å². The van der Waals surface area contributed by atoms with Crippen LogP contribution in [0.1, 0.15) is 37.7 Å². The van der Waals surface area contributed by atoms with E-state index in [2.05, 4.69) is 4.90 Å². The average molecular weight is 387 g/mol. The second-order valence-electron chi connectivity index (χ2n) is 8.87. The summed E-state index contributed by atoms with van der Waals surface area (Å²) in [6, 6.07) is 10.6. The molecule has 3 aliphatic rings. The summed E-state index contributed by atoms with van der Waals surface area (Å²) in [7, 11) is 0. The first-order valence-electron chi connectivity index (χ1n) is 10.9. The van der Waals surface area contributed by atoms with Crippen molar-refractivity contribution in [2.75, 3.05) is 46.0 Å². The maximum Gasteiger partial charge on any atom is 0.227 e. The molecule has 0 aromatic heterocycles. The first kappa shape index (κ1) is 19.9. The van der Waals surface area contributed by atoms with Gasteiger partial charge in [-0.3, -0.25) is 4.79 Å². The van der Waals surface area contributed by atoms with E-state index in [1.807, 2.05) is 35.2 Å². The summed E-state index contributed by atoms with van der Waals surface area (Å²) >= 11 is 0. The number of aliphatic hydroxyl groups is 1. The first-order chi connectivity index (χ1) is 13.7. The molecule has 0 saturated carbocycles. The molecule has 4 rings (SSSR count). The lowest BCUT2D eigenvalue weighted by Crippen LogP contribution is -2.56. The van der Waals surface area contributed by atoms with Gasteiger partial charge in [0, 0.05) is 44.9 Å². The van der Waals surface area contributed by atoms with Crippen LogP contribution in [0.5, 0.6) is 0 Å². The fourth-order valence-electron chi connectivity index (χ4n) is 5.52. The van der Waals surface area contributed by atoms with Gasteiger partial charge in [-0.1, -0.05) is 30.3 Å². The third-order valence-corrected chi connectivity index (χ3v) is 7.46. The molecular weight excluding hydrogens is 352 g/mol. The van der Waals surface area contributed by atoms with Crippen molar-refractivity contribution in [3.8, 4) is 0 Å². The fourth-order valence-corrected chi connectivity index (χ4v) is 5.52. The SMILES string of the molecule is O=C(Cc1ccccc1)N1CCC2(CCN(C3CCOCC3)CC2)C(CO)C1. The third-order valence-electron chi connectivity index (χ3n) is 7.46. The minimum atomic E-state index is 0.187. The van der Waals surface area contributed by atoms with Crippen LogP contribution in [0.25, 0.3) is 0 Å². The number of nitrogens with zero attached hydrogens (tertiary/aromatic N) is 2. The van der Waals surface area contributed by atoms with E-state index in [-0.39, 0.29) is 23.8 Å². The number of aliphatic hydroxyl groups excluding tert-OH is 1. The molecule has 154 valence electrons. The van der Waals surface area contributed by atoms with Crippen molar-refractivity contribution < 1.29 is 14.6 Å². The van der Waals surface area contributed by atoms with E-state index < -0.39 is 0 Å². The number of piperidine rings is 2. The van der Waals surface area contributed by atoms with Crippen LogP contribution in [-0.4, -0.2) is 72.9 Å². The molecule has 3 saturated heterocycles. The Hall–Kier alpha value is -1.43. The largest absolute Gasteiger partial charge is 0.396 e. The lowest BCUT2D eigenvalue weighted by atomic mass is 9.64. The van der Waals surface area contributed by atoms with E-state index in [0.717, 1.165) is 70.5 Å². The highest BCUT2D eigenvalue weighted by Crippen LogP contribution is 2.45. The molecule has 3 fully saturated rings. The van der Waals surface area contributed by atoms with Crippen LogP contribution >= 0.6 is 0 Å². The molecule has 3 heterocycles. The maximum atomic E-state index is 12.8. The normalized spacial score (nSPS) is 26.5. The molecular formula is C23H34N2O3. The maximum absolute atomic E-state index is 12.8. The van der Waals surface area contributed by atoms with Crippen molar-refractivity contribution in [2.45, 2.75) is 44.6 Å². The molecule has 28 heavy (non-hydrogen) atoms. The molecule has 1 spiro atoms. The number of hydrogen-bond acceptors (Lipinski definition) is 4. The second-order valence-corrected chi connectivity index (χ2v) is 8.87. The average Bonchev–Trinajstić information content (AvgIpc) is 2.76. The number of hydrogen-bond donors (Lipinski definition) is 1. The molecule has 1 N–H and O–H groups in total. The molecule has 0 aliphatic carbocycles. The quantitative estimate of drug-likeness (QED) is 0.863. The number of rotatable bonds is 4. The molecule has 0 radical (unpaired) electrons. The van der Waals surface area contributed by atoms with Crippen LogP contribution in [0.4, 0.5) is 0 Å². The molecule has 5 nitrogen and oxygen atoms in total. The first-order valence-corrected chi connectivity index (χ1v) is 10.9. The Kier molecular flexibility index (Phi) is 6.34. The molecule has 1 aromatic rings. The Balaban J connectivity index is 1.34. The summed E-state index contributed by atoms with van der Waals surface area (Å²) in [4.78, 5) is 17.4. The van der Waals surface area contributed by atoms with Gasteiger partial charge < -0.3 is 19.6 Å². The topological polar surface area (TPSA) is 53.0 Å². The Morgan fingerprint density at radius 3 is 2.43 bits per heavy atom. The molecule has 3 aliphatic heterocycles. The van der Waals surface area contributed by atoms with Crippen LogP contribution in [0.15, 0.2) is 30.3 Å². The van der Waals surface area contributed by atoms with Gasteiger partial charge in [0.15, 0.2) is 0 Å². The molecule has 1 atom stereocenters. The minimum absolute atomic E-state index is 0.187. The number of likely N-dealkylation sites (tertiary alicyclic amines) is 2. The minimum Gasteiger partial charge on any atom is -0.396 e. The Morgan fingerprint density at radius 1 is 1.07 bits per heavy atom. The highest BCUT2D eigenvalue weighted by molar-refractivity contribution is 5.78. The number of carbonyl (C=O) groups excluding carboxylic acids is 1. The second kappa shape index (κ2) is 8.93. The Bertz CT molecular complexity index is 637. The number of ether oxygens (including phenoxy) is 1. The van der Waals surface area contributed by atoms with Crippen molar-refractivity contribution in [1.29, 1.82) is 0 Å². The fraction of sp³-hybridized carbons (Fsp3) is 0.696. The van der Waals surface area contributed by atoms with Crippen LogP contribution in [-0.2, 0) is 16.0 Å². The van der Waals surface area contributed by atoms with Crippen molar-refractivity contribution in [2.24, 2.45) is 11.3 Å². The van der Waals surface area contributed by atoms with Gasteiger partial charge in [0.25, 0.3) is 0 Å². The predicted octanol–water partition coefficient (Wildman–Crippen LogP) is 2.33. The van der Waals surface area contributed by atoms with Crippen LogP contribution in [0.3, 0.4) is 0 Å². The van der Waals surface area contributed by atoms with Gasteiger partial charge in [0.1, 0.15) is 0 Å². The smallest absolute Gasteiger partial charge is 0.227 e. The van der Waals surface area contributed by atoms with Crippen molar-refractivity contribution >= 4 is 5.91 Å². The monoisotopic (exact) mass is 386 g/mol. The summed E-state index contributed by atoms with van der Waals surface area (Å²) in [5.74, 6) is 0.400. The zero-order valence-corrected chi connectivity index (χ0v) is 16.9. The van der Waals surface area contributed by atoms with Crippen molar-refractivity contribution in [3.63, 3.8) is 0 Å². The van der Waals surface area contributed by atoms with Gasteiger partial charge in [-0.25, -0.2) is 0 Å². The summed E-state index contributed by atoms with van der Waals surface area (Å²) in [6.45, 7) is 5.76. The molecule has 0 bridgehead atoms. The predicted molar refractivity (Wildman–Crippen MR) is 109 cm³/mol. The lowest BCUT2D eigenvalue weighted by Gasteiger charge is -2.52. The van der Waals surface area contributed by atoms with Gasteiger partial charge in [0.2, 0.25) is 5.91 Å². The highest BCUT2D eigenvalue weighted by atomic mass is 16.5. The summed E-state index contributed by atoms with van der Waals surface area (Å²) < 4.78 is 5.51. The molecule has 1 amide bonds. The summed E-state index contributed by atoms with van der Waals surface area (Å²) in [5.41, 5.74) is 1.28. The van der Waals surface area contributed by atoms with E-state index >= 15 is 0 Å². The van der Waals surface area contributed by atoms with Crippen molar-refractivity contribution in [3.05, 3.63) is 35.9 Å². The van der Waals surface area contributed by atoms with Crippen LogP contribution < -0.4 is 0 Å². The number of amides is 1. The standard InChI is InChI=1S/C23H34N2O3/c26-18-20-17-25(22(27)16-19-4-2-1-3-5-19)13-10-23(20)8-11-24(12-9-23)21-6-14-28-15-7-21/h1-5,20-21,26H,6-18H2.